The Kier molecular flexibility index (Phi) is 3.64. The Bertz CT molecular complexity index is 708. The monoisotopic (exact) mass is 279 g/mol. The molecule has 2 rings (SSSR count). The number of H-pyrrole nitrogens is 1. The van der Waals surface area contributed by atoms with Crippen LogP contribution in [0, 0.1) is 16.1 Å². The van der Waals surface area contributed by atoms with Crippen LogP contribution < -0.4 is 0 Å². The van der Waals surface area contributed by atoms with Gasteiger partial charge < -0.3 is 9.55 Å². The van der Waals surface area contributed by atoms with Crippen molar-refractivity contribution in [3.63, 3.8) is 0 Å². The molecule has 94 valence electrons. The van der Waals surface area contributed by atoms with E-state index in [0.29, 0.717) is 16.1 Å². The maximum Gasteiger partial charge on any atom is 0.178 e. The summed E-state index contributed by atoms with van der Waals surface area (Å²) in [5, 5.41) is 8.93. The van der Waals surface area contributed by atoms with Crippen LogP contribution in [0.5, 0.6) is 0 Å². The van der Waals surface area contributed by atoms with Crippen molar-refractivity contribution in [3.8, 4) is 6.07 Å². The molecule has 0 aliphatic heterocycles. The molecule has 0 fully saturated rings. The summed E-state index contributed by atoms with van der Waals surface area (Å²) in [5.74, 6) is 0.540. The summed E-state index contributed by atoms with van der Waals surface area (Å²) in [6.07, 6.45) is 1.68. The van der Waals surface area contributed by atoms with Gasteiger partial charge in [-0.2, -0.15) is 5.26 Å². The lowest BCUT2D eigenvalue weighted by Gasteiger charge is -2.12. The molecule has 1 N–H and O–H groups in total. The van der Waals surface area contributed by atoms with Crippen molar-refractivity contribution in [1.29, 1.82) is 5.26 Å². The fourth-order valence-electron chi connectivity index (χ4n) is 2.04. The van der Waals surface area contributed by atoms with Crippen molar-refractivity contribution < 1.29 is 4.21 Å². The summed E-state index contributed by atoms with van der Waals surface area (Å²) in [6.45, 7) is 1.98. The summed E-state index contributed by atoms with van der Waals surface area (Å²) in [4.78, 5) is 3.10. The number of aromatic amines is 1. The molecule has 0 spiro atoms. The summed E-state index contributed by atoms with van der Waals surface area (Å²) < 4.78 is 13.8. The fraction of sp³-hybridized carbons (Fsp3) is 0.333. The summed E-state index contributed by atoms with van der Waals surface area (Å²) in [5.41, 5.74) is 2.37. The third-order valence-corrected chi connectivity index (χ3v) is 4.01. The highest BCUT2D eigenvalue weighted by molar-refractivity contribution is 7.84. The zero-order valence-electron chi connectivity index (χ0n) is 10.1. The molecule has 1 aromatic heterocycles. The van der Waals surface area contributed by atoms with E-state index in [1.165, 1.54) is 0 Å². The molecule has 6 heteroatoms. The minimum atomic E-state index is -0.885. The number of imidazole rings is 1. The second-order valence-electron chi connectivity index (χ2n) is 4.23. The van der Waals surface area contributed by atoms with E-state index in [4.69, 9.17) is 17.5 Å². The quantitative estimate of drug-likeness (QED) is 0.878. The van der Waals surface area contributed by atoms with Gasteiger partial charge in [0, 0.05) is 28.9 Å². The number of aromatic nitrogens is 2. The lowest BCUT2D eigenvalue weighted by atomic mass is 10.2. The molecule has 18 heavy (non-hydrogen) atoms. The van der Waals surface area contributed by atoms with Crippen molar-refractivity contribution in [2.75, 3.05) is 12.0 Å². The fourth-order valence-corrected chi connectivity index (χ4v) is 3.26. The van der Waals surface area contributed by atoms with Crippen LogP contribution in [0.3, 0.4) is 0 Å². The Labute approximate surface area is 113 Å². The summed E-state index contributed by atoms with van der Waals surface area (Å²) in [7, 11) is -0.885. The number of rotatable bonds is 3. The van der Waals surface area contributed by atoms with Gasteiger partial charge >= 0.3 is 0 Å². The van der Waals surface area contributed by atoms with E-state index in [0.717, 1.165) is 11.0 Å². The number of nitrogens with zero attached hydrogens (tertiary/aromatic N) is 2. The zero-order chi connectivity index (χ0) is 13.3. The third-order valence-electron chi connectivity index (χ3n) is 2.76. The van der Waals surface area contributed by atoms with E-state index in [1.54, 1.807) is 18.4 Å². The van der Waals surface area contributed by atoms with E-state index in [9.17, 15) is 4.21 Å². The normalized spacial score (nSPS) is 14.3. The largest absolute Gasteiger partial charge is 0.331 e. The van der Waals surface area contributed by atoms with Crippen molar-refractivity contribution in [3.05, 3.63) is 28.5 Å². The van der Waals surface area contributed by atoms with Gasteiger partial charge in [-0.1, -0.05) is 0 Å². The number of fused-ring (bicyclic) bond motifs is 1. The highest BCUT2D eigenvalue weighted by atomic mass is 32.2. The minimum absolute atomic E-state index is 0.0334. The molecule has 0 saturated carbocycles. The maximum atomic E-state index is 11.3. The van der Waals surface area contributed by atoms with Gasteiger partial charge in [-0.05, 0) is 37.3 Å². The van der Waals surface area contributed by atoms with Crippen LogP contribution in [0.25, 0.3) is 11.0 Å². The Morgan fingerprint density at radius 1 is 1.61 bits per heavy atom. The number of benzene rings is 1. The Balaban J connectivity index is 2.62. The molecule has 0 radical (unpaired) electrons. The van der Waals surface area contributed by atoms with Gasteiger partial charge in [-0.3, -0.25) is 4.21 Å². The Morgan fingerprint density at radius 3 is 2.94 bits per heavy atom. The molecule has 0 saturated heterocycles. The predicted molar refractivity (Wildman–Crippen MR) is 75.5 cm³/mol. The lowest BCUT2D eigenvalue weighted by Crippen LogP contribution is -2.12. The third kappa shape index (κ3) is 2.37. The molecule has 4 nitrogen and oxygen atoms in total. The average molecular weight is 279 g/mol. The molecule has 2 atom stereocenters. The van der Waals surface area contributed by atoms with Crippen LogP contribution in [-0.2, 0) is 10.8 Å². The highest BCUT2D eigenvalue weighted by Gasteiger charge is 2.12. The van der Waals surface area contributed by atoms with Gasteiger partial charge in [0.05, 0.1) is 22.7 Å². The zero-order valence-corrected chi connectivity index (χ0v) is 11.8. The van der Waals surface area contributed by atoms with Crippen LogP contribution in [0.2, 0.25) is 0 Å². The van der Waals surface area contributed by atoms with Crippen LogP contribution >= 0.6 is 12.2 Å². The van der Waals surface area contributed by atoms with Crippen LogP contribution in [0.4, 0.5) is 0 Å². The van der Waals surface area contributed by atoms with Crippen molar-refractivity contribution in [2.24, 2.45) is 0 Å². The molecule has 0 amide bonds. The second kappa shape index (κ2) is 5.04. The molecule has 2 aromatic rings. The van der Waals surface area contributed by atoms with Crippen molar-refractivity contribution >= 4 is 34.1 Å². The number of hydrogen-bond acceptors (Lipinski definition) is 3. The number of nitriles is 1. The first-order valence-corrected chi connectivity index (χ1v) is 7.61. The molecule has 1 heterocycles. The molecule has 0 bridgehead atoms. The van der Waals surface area contributed by atoms with Crippen molar-refractivity contribution in [2.45, 2.75) is 13.0 Å². The van der Waals surface area contributed by atoms with E-state index in [1.807, 2.05) is 17.6 Å². The standard InChI is InChI=1S/C12H13N3OS2/c1-8(7-18(2)16)15-11-5-9(6-13)3-4-10(11)14-12(15)17/h3-5,8H,7H2,1-2H3,(H,14,17). The average Bonchev–Trinajstić information content (AvgIpc) is 2.62. The first-order chi connectivity index (χ1) is 8.52. The maximum absolute atomic E-state index is 11.3. The molecule has 0 aliphatic rings. The van der Waals surface area contributed by atoms with Gasteiger partial charge in [0.1, 0.15) is 0 Å². The SMILES string of the molecule is CC(CS(C)=O)n1c(=S)[nH]c2ccc(C#N)cc21. The van der Waals surface area contributed by atoms with Crippen molar-refractivity contribution in [1.82, 2.24) is 9.55 Å². The van der Waals surface area contributed by atoms with Crippen LogP contribution in [0.15, 0.2) is 18.2 Å². The van der Waals surface area contributed by atoms with Gasteiger partial charge in [0.15, 0.2) is 4.77 Å². The van der Waals surface area contributed by atoms with Gasteiger partial charge in [-0.15, -0.1) is 0 Å². The van der Waals surface area contributed by atoms with E-state index < -0.39 is 10.8 Å². The second-order valence-corrected chi connectivity index (χ2v) is 6.10. The Hall–Kier alpha value is -1.45. The van der Waals surface area contributed by atoms with Crippen LogP contribution in [0.1, 0.15) is 18.5 Å². The predicted octanol–water partition coefficient (Wildman–Crippen LogP) is 2.51. The molecule has 1 aromatic carbocycles. The molecule has 2 unspecified atom stereocenters. The van der Waals surface area contributed by atoms with E-state index in [2.05, 4.69) is 11.1 Å². The molecular formula is C12H13N3OS2. The topological polar surface area (TPSA) is 61.6 Å². The Morgan fingerprint density at radius 2 is 2.33 bits per heavy atom. The molecule has 0 aliphatic carbocycles. The molecular weight excluding hydrogens is 266 g/mol. The minimum Gasteiger partial charge on any atom is -0.331 e. The van der Waals surface area contributed by atoms with Crippen LogP contribution in [-0.4, -0.2) is 25.8 Å². The summed E-state index contributed by atoms with van der Waals surface area (Å²) >= 11 is 5.29. The highest BCUT2D eigenvalue weighted by Crippen LogP contribution is 2.20. The lowest BCUT2D eigenvalue weighted by molar-refractivity contribution is 0.605. The van der Waals surface area contributed by atoms with E-state index in [-0.39, 0.29) is 6.04 Å². The number of nitrogens with one attached hydrogen (secondary N) is 1. The van der Waals surface area contributed by atoms with E-state index >= 15 is 0 Å². The summed E-state index contributed by atoms with van der Waals surface area (Å²) in [6, 6.07) is 7.54. The smallest absolute Gasteiger partial charge is 0.178 e. The first-order valence-electron chi connectivity index (χ1n) is 5.47. The van der Waals surface area contributed by atoms with Gasteiger partial charge in [0.2, 0.25) is 0 Å². The first kappa shape index (κ1) is 13.0. The van der Waals surface area contributed by atoms with Gasteiger partial charge in [-0.25, -0.2) is 0 Å². The number of hydrogen-bond donors (Lipinski definition) is 1. The van der Waals surface area contributed by atoms with Gasteiger partial charge in [0.25, 0.3) is 0 Å².